The van der Waals surface area contributed by atoms with Crippen LogP contribution in [0.5, 0.6) is 0 Å². The van der Waals surface area contributed by atoms with Crippen LogP contribution in [-0.2, 0) is 17.6 Å². The van der Waals surface area contributed by atoms with Crippen LogP contribution in [0.4, 0.5) is 0 Å². The van der Waals surface area contributed by atoms with E-state index in [1.54, 1.807) is 11.3 Å². The Hall–Kier alpha value is -1.46. The summed E-state index contributed by atoms with van der Waals surface area (Å²) in [7, 11) is 0. The van der Waals surface area contributed by atoms with E-state index in [1.165, 1.54) is 11.3 Å². The zero-order valence-corrected chi connectivity index (χ0v) is 14.2. The van der Waals surface area contributed by atoms with Gasteiger partial charge in [-0.05, 0) is 42.2 Å². The first-order valence-electron chi connectivity index (χ1n) is 7.44. The molecule has 0 aromatic carbocycles. The minimum atomic E-state index is -0.772. The molecule has 116 valence electrons. The van der Waals surface area contributed by atoms with Crippen molar-refractivity contribution < 1.29 is 14.7 Å². The monoisotopic (exact) mass is 334 g/mol. The van der Waals surface area contributed by atoms with Gasteiger partial charge in [0, 0.05) is 15.3 Å². The smallest absolute Gasteiger partial charge is 0.311 e. The number of hydrogen-bond donors (Lipinski definition) is 1. The summed E-state index contributed by atoms with van der Waals surface area (Å²) in [6.45, 7) is 4.25. The predicted octanol–water partition coefficient (Wildman–Crippen LogP) is 4.35. The number of fused-ring (bicyclic) bond motifs is 1. The molecule has 5 heteroatoms. The SMILES string of the molecule is CC(C)Cc1sc2c(c1C(=O)c1cccs1)CCC2C(=O)O. The molecule has 2 aromatic heterocycles. The molecular formula is C17H18O3S2. The highest BCUT2D eigenvalue weighted by Gasteiger charge is 2.36. The molecule has 0 aliphatic heterocycles. The molecule has 2 heterocycles. The topological polar surface area (TPSA) is 54.4 Å². The molecule has 0 amide bonds. The van der Waals surface area contributed by atoms with Gasteiger partial charge in [0.25, 0.3) is 0 Å². The number of thiophene rings is 2. The van der Waals surface area contributed by atoms with E-state index in [9.17, 15) is 14.7 Å². The molecule has 0 spiro atoms. The van der Waals surface area contributed by atoms with Crippen LogP contribution in [0.25, 0.3) is 0 Å². The van der Waals surface area contributed by atoms with Crippen molar-refractivity contribution in [2.24, 2.45) is 5.92 Å². The van der Waals surface area contributed by atoms with E-state index in [-0.39, 0.29) is 5.78 Å². The summed E-state index contributed by atoms with van der Waals surface area (Å²) < 4.78 is 0. The van der Waals surface area contributed by atoms with Gasteiger partial charge >= 0.3 is 5.97 Å². The van der Waals surface area contributed by atoms with Crippen molar-refractivity contribution in [2.45, 2.75) is 39.0 Å². The maximum Gasteiger partial charge on any atom is 0.311 e. The largest absolute Gasteiger partial charge is 0.481 e. The standard InChI is InChI=1S/C17H18O3S2/c1-9(2)8-13-14(15(18)12-4-3-7-21-12)10-5-6-11(17(19)20)16(10)22-13/h3-4,7,9,11H,5-6,8H2,1-2H3,(H,19,20). The van der Waals surface area contributed by atoms with Gasteiger partial charge < -0.3 is 5.11 Å². The number of carboxylic acids is 1. The Balaban J connectivity index is 2.09. The Morgan fingerprint density at radius 1 is 1.41 bits per heavy atom. The van der Waals surface area contributed by atoms with Crippen LogP contribution in [0.1, 0.15) is 56.7 Å². The lowest BCUT2D eigenvalue weighted by atomic mass is 9.99. The lowest BCUT2D eigenvalue weighted by Gasteiger charge is -2.07. The second-order valence-electron chi connectivity index (χ2n) is 6.08. The maximum atomic E-state index is 12.9. The third-order valence-electron chi connectivity index (χ3n) is 3.97. The summed E-state index contributed by atoms with van der Waals surface area (Å²) in [6, 6.07) is 3.73. The molecule has 0 saturated heterocycles. The number of hydrogen-bond acceptors (Lipinski definition) is 4. The summed E-state index contributed by atoms with van der Waals surface area (Å²) >= 11 is 2.99. The van der Waals surface area contributed by atoms with Crippen LogP contribution in [0.3, 0.4) is 0 Å². The highest BCUT2D eigenvalue weighted by atomic mass is 32.1. The lowest BCUT2D eigenvalue weighted by Crippen LogP contribution is -2.06. The number of aliphatic carboxylic acids is 1. The number of carboxylic acid groups (broad SMARTS) is 1. The van der Waals surface area contributed by atoms with E-state index in [4.69, 9.17) is 0 Å². The Morgan fingerprint density at radius 3 is 2.77 bits per heavy atom. The summed E-state index contributed by atoms with van der Waals surface area (Å²) in [5, 5.41) is 11.3. The molecule has 0 fully saturated rings. The van der Waals surface area contributed by atoms with E-state index in [0.717, 1.165) is 32.2 Å². The molecule has 22 heavy (non-hydrogen) atoms. The van der Waals surface area contributed by atoms with Crippen molar-refractivity contribution in [3.05, 3.63) is 43.3 Å². The van der Waals surface area contributed by atoms with Crippen LogP contribution in [-0.4, -0.2) is 16.9 Å². The van der Waals surface area contributed by atoms with Crippen LogP contribution >= 0.6 is 22.7 Å². The average Bonchev–Trinajstić information content (AvgIpc) is 3.12. The van der Waals surface area contributed by atoms with E-state index < -0.39 is 11.9 Å². The number of ketones is 1. The van der Waals surface area contributed by atoms with Gasteiger partial charge in [0.15, 0.2) is 0 Å². The molecule has 1 N–H and O–H groups in total. The zero-order chi connectivity index (χ0) is 15.9. The van der Waals surface area contributed by atoms with Crippen molar-refractivity contribution in [2.75, 3.05) is 0 Å². The van der Waals surface area contributed by atoms with Gasteiger partial charge in [0.05, 0.1) is 10.8 Å². The molecular weight excluding hydrogens is 316 g/mol. The zero-order valence-electron chi connectivity index (χ0n) is 12.6. The fraction of sp³-hybridized carbons (Fsp3) is 0.412. The van der Waals surface area contributed by atoms with Crippen LogP contribution < -0.4 is 0 Å². The van der Waals surface area contributed by atoms with Gasteiger partial charge in [-0.1, -0.05) is 19.9 Å². The highest BCUT2D eigenvalue weighted by molar-refractivity contribution is 7.14. The van der Waals surface area contributed by atoms with Gasteiger partial charge in [-0.2, -0.15) is 0 Å². The molecule has 3 rings (SSSR count). The van der Waals surface area contributed by atoms with Crippen molar-refractivity contribution in [1.82, 2.24) is 0 Å². The van der Waals surface area contributed by atoms with Gasteiger partial charge in [0.2, 0.25) is 5.78 Å². The second kappa shape index (κ2) is 5.97. The quantitative estimate of drug-likeness (QED) is 0.827. The van der Waals surface area contributed by atoms with Crippen LogP contribution in [0, 0.1) is 5.92 Å². The normalized spacial score (nSPS) is 17.0. The molecule has 0 bridgehead atoms. The first-order valence-corrected chi connectivity index (χ1v) is 9.14. The molecule has 1 aliphatic rings. The molecule has 2 aromatic rings. The fourth-order valence-corrected chi connectivity index (χ4v) is 5.39. The molecule has 1 aliphatic carbocycles. The van der Waals surface area contributed by atoms with Crippen LogP contribution in [0.15, 0.2) is 17.5 Å². The average molecular weight is 334 g/mol. The van der Waals surface area contributed by atoms with Gasteiger partial charge in [0.1, 0.15) is 0 Å². The summed E-state index contributed by atoms with van der Waals surface area (Å²) in [4.78, 5) is 27.0. The third-order valence-corrected chi connectivity index (χ3v) is 6.21. The van der Waals surface area contributed by atoms with Crippen molar-refractivity contribution >= 4 is 34.4 Å². The third kappa shape index (κ3) is 2.63. The maximum absolute atomic E-state index is 12.9. The summed E-state index contributed by atoms with van der Waals surface area (Å²) in [5.74, 6) is -0.701. The van der Waals surface area contributed by atoms with E-state index >= 15 is 0 Å². The van der Waals surface area contributed by atoms with E-state index in [2.05, 4.69) is 13.8 Å². The van der Waals surface area contributed by atoms with Crippen molar-refractivity contribution in [3.8, 4) is 0 Å². The molecule has 0 radical (unpaired) electrons. The Kier molecular flexibility index (Phi) is 4.19. The second-order valence-corrected chi connectivity index (χ2v) is 8.16. The minimum absolute atomic E-state index is 0.0641. The minimum Gasteiger partial charge on any atom is -0.481 e. The van der Waals surface area contributed by atoms with E-state index in [0.29, 0.717) is 18.8 Å². The number of rotatable bonds is 5. The van der Waals surface area contributed by atoms with Crippen molar-refractivity contribution in [3.63, 3.8) is 0 Å². The number of carbonyl (C=O) groups is 2. The highest BCUT2D eigenvalue weighted by Crippen LogP contribution is 2.44. The summed E-state index contributed by atoms with van der Waals surface area (Å²) in [5.41, 5.74) is 1.78. The first-order chi connectivity index (χ1) is 10.5. The Morgan fingerprint density at radius 2 is 2.18 bits per heavy atom. The first kappa shape index (κ1) is 15.4. The van der Waals surface area contributed by atoms with Crippen molar-refractivity contribution in [1.29, 1.82) is 0 Å². The molecule has 1 unspecified atom stereocenters. The predicted molar refractivity (Wildman–Crippen MR) is 89.3 cm³/mol. The molecule has 0 saturated carbocycles. The van der Waals surface area contributed by atoms with Gasteiger partial charge in [-0.25, -0.2) is 0 Å². The Labute approximate surface area is 137 Å². The van der Waals surface area contributed by atoms with Gasteiger partial charge in [-0.15, -0.1) is 22.7 Å². The van der Waals surface area contributed by atoms with Gasteiger partial charge in [-0.3, -0.25) is 9.59 Å². The fourth-order valence-electron chi connectivity index (χ4n) is 3.03. The molecule has 1 atom stereocenters. The Bertz CT molecular complexity index is 711. The van der Waals surface area contributed by atoms with Crippen LogP contribution in [0.2, 0.25) is 0 Å². The van der Waals surface area contributed by atoms with E-state index in [1.807, 2.05) is 17.5 Å². The summed E-state index contributed by atoms with van der Waals surface area (Å²) in [6.07, 6.45) is 2.15. The molecule has 3 nitrogen and oxygen atoms in total. The number of carbonyl (C=O) groups excluding carboxylic acids is 1. The lowest BCUT2D eigenvalue weighted by molar-refractivity contribution is -0.138.